The fraction of sp³-hybridized carbons (Fsp3) is 0.316. The van der Waals surface area contributed by atoms with Gasteiger partial charge in [-0.1, -0.05) is 24.3 Å². The Morgan fingerprint density at radius 3 is 2.29 bits per heavy atom. The molecule has 0 bridgehead atoms. The summed E-state index contributed by atoms with van der Waals surface area (Å²) in [5.41, 5.74) is 10.6. The zero-order chi connectivity index (χ0) is 16.8. The van der Waals surface area contributed by atoms with Crippen LogP contribution in [0.5, 0.6) is 0 Å². The molecule has 0 spiro atoms. The van der Waals surface area contributed by atoms with Crippen LogP contribution in [0.15, 0.2) is 53.5 Å². The van der Waals surface area contributed by atoms with E-state index in [0.29, 0.717) is 12.5 Å². The van der Waals surface area contributed by atoms with Gasteiger partial charge in [-0.2, -0.15) is 0 Å². The molecule has 0 aliphatic heterocycles. The van der Waals surface area contributed by atoms with Crippen molar-refractivity contribution >= 4 is 41.3 Å². The average Bonchev–Trinajstić information content (AvgIpc) is 2.51. The number of nitrogens with zero attached hydrogens (tertiary/aromatic N) is 2. The quantitative estimate of drug-likeness (QED) is 0.419. The first kappa shape index (κ1) is 20.3. The van der Waals surface area contributed by atoms with E-state index in [2.05, 4.69) is 73.4 Å². The molecule has 5 heteroatoms. The first-order valence-electron chi connectivity index (χ1n) is 7.89. The van der Waals surface area contributed by atoms with E-state index in [4.69, 9.17) is 5.73 Å². The summed E-state index contributed by atoms with van der Waals surface area (Å²) < 4.78 is 0. The van der Waals surface area contributed by atoms with E-state index in [1.165, 1.54) is 16.8 Å². The van der Waals surface area contributed by atoms with E-state index in [9.17, 15) is 0 Å². The van der Waals surface area contributed by atoms with E-state index < -0.39 is 0 Å². The van der Waals surface area contributed by atoms with Crippen LogP contribution in [-0.2, 0) is 0 Å². The van der Waals surface area contributed by atoms with Crippen molar-refractivity contribution in [1.82, 2.24) is 0 Å². The van der Waals surface area contributed by atoms with E-state index >= 15 is 0 Å². The van der Waals surface area contributed by atoms with E-state index in [1.54, 1.807) is 0 Å². The van der Waals surface area contributed by atoms with Crippen LogP contribution >= 0.6 is 24.0 Å². The normalized spacial score (nSPS) is 12.2. The van der Waals surface area contributed by atoms with Gasteiger partial charge in [-0.15, -0.1) is 24.0 Å². The molecule has 2 aromatic rings. The first-order chi connectivity index (χ1) is 11.0. The Balaban J connectivity index is 0.00000288. The number of nitrogens with one attached hydrogen (secondary N) is 1. The third-order valence-electron chi connectivity index (χ3n) is 3.84. The predicted octanol–water partition coefficient (Wildman–Crippen LogP) is 4.17. The molecule has 0 saturated carbocycles. The number of hydrogen-bond acceptors (Lipinski definition) is 2. The molecule has 0 aliphatic rings. The second kappa shape index (κ2) is 9.52. The van der Waals surface area contributed by atoms with Crippen molar-refractivity contribution in [2.24, 2.45) is 10.7 Å². The molecule has 2 aromatic carbocycles. The molecular formula is C19H27IN4. The SMILES string of the molecule is Cc1cc(C)cc(NC(N)=NCC(C)N(C)c2ccccc2)c1.I. The fourth-order valence-electron chi connectivity index (χ4n) is 2.50. The molecule has 130 valence electrons. The van der Waals surface area contributed by atoms with Crippen LogP contribution in [0.1, 0.15) is 18.1 Å². The number of aliphatic imine (C=N–C) groups is 1. The molecule has 0 heterocycles. The van der Waals surface area contributed by atoms with Gasteiger partial charge in [0, 0.05) is 24.5 Å². The molecule has 24 heavy (non-hydrogen) atoms. The largest absolute Gasteiger partial charge is 0.370 e. The summed E-state index contributed by atoms with van der Waals surface area (Å²) in [4.78, 5) is 6.67. The molecule has 1 atom stereocenters. The molecule has 0 fully saturated rings. The topological polar surface area (TPSA) is 53.6 Å². The van der Waals surface area contributed by atoms with Crippen molar-refractivity contribution in [3.63, 3.8) is 0 Å². The van der Waals surface area contributed by atoms with Gasteiger partial charge in [-0.25, -0.2) is 0 Å². The number of benzene rings is 2. The highest BCUT2D eigenvalue weighted by atomic mass is 127. The Morgan fingerprint density at radius 2 is 1.71 bits per heavy atom. The van der Waals surface area contributed by atoms with Gasteiger partial charge in [0.1, 0.15) is 0 Å². The Kier molecular flexibility index (Phi) is 8.04. The van der Waals surface area contributed by atoms with E-state index in [0.717, 1.165) is 5.69 Å². The molecule has 0 aromatic heterocycles. The Labute approximate surface area is 162 Å². The molecule has 3 N–H and O–H groups in total. The lowest BCUT2D eigenvalue weighted by atomic mass is 10.1. The number of rotatable bonds is 5. The molecule has 0 saturated heterocycles. The van der Waals surface area contributed by atoms with Crippen LogP contribution in [0, 0.1) is 13.8 Å². The van der Waals surface area contributed by atoms with Gasteiger partial charge in [0.05, 0.1) is 6.54 Å². The van der Waals surface area contributed by atoms with Crippen molar-refractivity contribution in [3.05, 3.63) is 59.7 Å². The monoisotopic (exact) mass is 438 g/mol. The summed E-state index contributed by atoms with van der Waals surface area (Å²) in [6, 6.07) is 16.8. The molecule has 1 unspecified atom stereocenters. The van der Waals surface area contributed by atoms with Gasteiger partial charge >= 0.3 is 0 Å². The lowest BCUT2D eigenvalue weighted by Crippen LogP contribution is -2.33. The van der Waals surface area contributed by atoms with Crippen molar-refractivity contribution in [2.45, 2.75) is 26.8 Å². The number of hydrogen-bond donors (Lipinski definition) is 2. The number of halogens is 1. The molecule has 0 amide bonds. The fourth-order valence-corrected chi connectivity index (χ4v) is 2.50. The van der Waals surface area contributed by atoms with Crippen LogP contribution < -0.4 is 16.0 Å². The summed E-state index contributed by atoms with van der Waals surface area (Å²) in [5.74, 6) is 0.448. The van der Waals surface area contributed by atoms with Crippen molar-refractivity contribution in [1.29, 1.82) is 0 Å². The summed E-state index contributed by atoms with van der Waals surface area (Å²) in [6.45, 7) is 6.92. The van der Waals surface area contributed by atoms with Crippen molar-refractivity contribution < 1.29 is 0 Å². The second-order valence-corrected chi connectivity index (χ2v) is 6.02. The third kappa shape index (κ3) is 6.03. The Morgan fingerprint density at radius 1 is 1.12 bits per heavy atom. The predicted molar refractivity (Wildman–Crippen MR) is 116 cm³/mol. The van der Waals surface area contributed by atoms with Gasteiger partial charge < -0.3 is 16.0 Å². The van der Waals surface area contributed by atoms with Crippen molar-refractivity contribution in [2.75, 3.05) is 23.8 Å². The second-order valence-electron chi connectivity index (χ2n) is 6.02. The van der Waals surface area contributed by atoms with Gasteiger partial charge in [0.15, 0.2) is 5.96 Å². The first-order valence-corrected chi connectivity index (χ1v) is 7.89. The number of nitrogens with two attached hydrogens (primary N) is 1. The number of para-hydroxylation sites is 1. The maximum atomic E-state index is 6.01. The Bertz CT molecular complexity index is 650. The zero-order valence-electron chi connectivity index (χ0n) is 14.8. The lowest BCUT2D eigenvalue weighted by Gasteiger charge is -2.25. The van der Waals surface area contributed by atoms with E-state index in [-0.39, 0.29) is 30.0 Å². The lowest BCUT2D eigenvalue weighted by molar-refractivity contribution is 0.696. The number of anilines is 2. The molecule has 2 rings (SSSR count). The number of likely N-dealkylation sites (N-methyl/N-ethyl adjacent to an activating group) is 1. The summed E-state index contributed by atoms with van der Waals surface area (Å²) >= 11 is 0. The highest BCUT2D eigenvalue weighted by Gasteiger charge is 2.09. The minimum atomic E-state index is 0. The average molecular weight is 438 g/mol. The van der Waals surface area contributed by atoms with Gasteiger partial charge in [0.25, 0.3) is 0 Å². The van der Waals surface area contributed by atoms with Crippen molar-refractivity contribution in [3.8, 4) is 0 Å². The molecule has 0 radical (unpaired) electrons. The minimum Gasteiger partial charge on any atom is -0.370 e. The van der Waals surface area contributed by atoms with Crippen LogP contribution in [0.2, 0.25) is 0 Å². The third-order valence-corrected chi connectivity index (χ3v) is 3.84. The molecular weight excluding hydrogens is 411 g/mol. The maximum Gasteiger partial charge on any atom is 0.193 e. The van der Waals surface area contributed by atoms with Gasteiger partial charge in [0.2, 0.25) is 0 Å². The smallest absolute Gasteiger partial charge is 0.193 e. The van der Waals surface area contributed by atoms with E-state index in [1.807, 2.05) is 18.2 Å². The van der Waals surface area contributed by atoms with Gasteiger partial charge in [-0.3, -0.25) is 4.99 Å². The van der Waals surface area contributed by atoms with Crippen LogP contribution in [-0.4, -0.2) is 25.6 Å². The summed E-state index contributed by atoms with van der Waals surface area (Å²) in [6.07, 6.45) is 0. The van der Waals surface area contributed by atoms with Crippen LogP contribution in [0.25, 0.3) is 0 Å². The molecule has 4 nitrogen and oxygen atoms in total. The van der Waals surface area contributed by atoms with Crippen LogP contribution in [0.4, 0.5) is 11.4 Å². The van der Waals surface area contributed by atoms with Crippen LogP contribution in [0.3, 0.4) is 0 Å². The Hall–Kier alpha value is -1.76. The highest BCUT2D eigenvalue weighted by molar-refractivity contribution is 14.0. The standard InChI is InChI=1S/C19H26N4.HI/c1-14-10-15(2)12-17(11-14)22-19(20)21-13-16(3)23(4)18-8-6-5-7-9-18;/h5-12,16H,13H2,1-4H3,(H3,20,21,22);1H. The highest BCUT2D eigenvalue weighted by Crippen LogP contribution is 2.15. The minimum absolute atomic E-state index is 0. The summed E-state index contributed by atoms with van der Waals surface area (Å²) in [5, 5.41) is 3.17. The molecule has 0 aliphatic carbocycles. The summed E-state index contributed by atoms with van der Waals surface area (Å²) in [7, 11) is 2.07. The zero-order valence-corrected chi connectivity index (χ0v) is 17.1. The number of guanidine groups is 1. The van der Waals surface area contributed by atoms with Gasteiger partial charge in [-0.05, 0) is 56.2 Å². The number of aryl methyl sites for hydroxylation is 2. The maximum absolute atomic E-state index is 6.01.